The van der Waals surface area contributed by atoms with Crippen molar-refractivity contribution in [3.8, 4) is 0 Å². The summed E-state index contributed by atoms with van der Waals surface area (Å²) in [4.78, 5) is 16.5. The van der Waals surface area contributed by atoms with E-state index in [4.69, 9.17) is 0 Å². The first-order chi connectivity index (χ1) is 12.3. The molecule has 2 aromatic heterocycles. The minimum Gasteiger partial charge on any atom is -0.331 e. The highest BCUT2D eigenvalue weighted by Crippen LogP contribution is 2.35. The maximum Gasteiger partial charge on any atom is 0.257 e. The average molecular weight is 351 g/mol. The molecular formula is C20H21N3OS. The molecule has 128 valence electrons. The van der Waals surface area contributed by atoms with Gasteiger partial charge in [-0.25, -0.2) is 0 Å². The lowest BCUT2D eigenvalue weighted by Crippen LogP contribution is -2.39. The van der Waals surface area contributed by atoms with Crippen molar-refractivity contribution in [2.24, 2.45) is 0 Å². The van der Waals surface area contributed by atoms with Crippen molar-refractivity contribution in [2.75, 3.05) is 6.54 Å². The molecule has 0 bridgehead atoms. The second-order valence-corrected chi connectivity index (χ2v) is 7.38. The van der Waals surface area contributed by atoms with Gasteiger partial charge < -0.3 is 4.90 Å². The van der Waals surface area contributed by atoms with Gasteiger partial charge in [-0.15, -0.1) is 11.3 Å². The Balaban J connectivity index is 1.53. The minimum atomic E-state index is 0.0861. The Morgan fingerprint density at radius 2 is 2.12 bits per heavy atom. The number of hydrogen-bond donors (Lipinski definition) is 0. The molecule has 0 radical (unpaired) electrons. The van der Waals surface area contributed by atoms with Gasteiger partial charge in [0.25, 0.3) is 5.91 Å². The van der Waals surface area contributed by atoms with Crippen molar-refractivity contribution in [1.82, 2.24) is 14.7 Å². The molecule has 3 aromatic rings. The monoisotopic (exact) mass is 351 g/mol. The van der Waals surface area contributed by atoms with Crippen LogP contribution in [0, 0.1) is 0 Å². The second kappa shape index (κ2) is 6.84. The number of amides is 1. The van der Waals surface area contributed by atoms with Gasteiger partial charge in [-0.3, -0.25) is 9.48 Å². The number of thiophene rings is 1. The lowest BCUT2D eigenvalue weighted by Gasteiger charge is -2.35. The van der Waals surface area contributed by atoms with E-state index in [1.807, 2.05) is 34.0 Å². The maximum absolute atomic E-state index is 13.0. The number of nitrogens with zero attached hydrogens (tertiary/aromatic N) is 3. The third-order valence-corrected chi connectivity index (χ3v) is 5.81. The van der Waals surface area contributed by atoms with Crippen molar-refractivity contribution >= 4 is 17.2 Å². The van der Waals surface area contributed by atoms with Crippen LogP contribution in [0.4, 0.5) is 0 Å². The molecule has 0 aliphatic carbocycles. The quantitative estimate of drug-likeness (QED) is 0.708. The molecule has 0 saturated heterocycles. The van der Waals surface area contributed by atoms with Crippen LogP contribution in [0.3, 0.4) is 0 Å². The number of benzene rings is 1. The van der Waals surface area contributed by atoms with E-state index >= 15 is 0 Å². The van der Waals surface area contributed by atoms with Crippen LogP contribution in [0.5, 0.6) is 0 Å². The summed E-state index contributed by atoms with van der Waals surface area (Å²) in [7, 11) is 0. The molecule has 1 aromatic carbocycles. The van der Waals surface area contributed by atoms with Crippen LogP contribution in [-0.2, 0) is 13.0 Å². The highest BCUT2D eigenvalue weighted by Gasteiger charge is 2.31. The Labute approximate surface area is 151 Å². The molecule has 1 atom stereocenters. The van der Waals surface area contributed by atoms with Crippen molar-refractivity contribution in [3.05, 3.63) is 75.7 Å². The van der Waals surface area contributed by atoms with E-state index in [2.05, 4.69) is 35.6 Å². The first kappa shape index (κ1) is 16.1. The van der Waals surface area contributed by atoms with Crippen LogP contribution in [0.25, 0.3) is 0 Å². The van der Waals surface area contributed by atoms with Crippen LogP contribution >= 0.6 is 11.3 Å². The molecule has 0 saturated carbocycles. The minimum absolute atomic E-state index is 0.0861. The zero-order valence-electron chi connectivity index (χ0n) is 14.3. The predicted octanol–water partition coefficient (Wildman–Crippen LogP) is 4.14. The molecule has 25 heavy (non-hydrogen) atoms. The normalized spacial score (nSPS) is 16.7. The number of aromatic nitrogens is 2. The number of fused-ring (bicyclic) bond motifs is 1. The van der Waals surface area contributed by atoms with Crippen LogP contribution in [0.2, 0.25) is 0 Å². The highest BCUT2D eigenvalue weighted by atomic mass is 32.1. The largest absolute Gasteiger partial charge is 0.331 e. The van der Waals surface area contributed by atoms with E-state index in [-0.39, 0.29) is 11.9 Å². The summed E-state index contributed by atoms with van der Waals surface area (Å²) in [5.74, 6) is 0.0861. The van der Waals surface area contributed by atoms with Crippen LogP contribution < -0.4 is 0 Å². The Morgan fingerprint density at radius 3 is 2.92 bits per heavy atom. The summed E-state index contributed by atoms with van der Waals surface area (Å²) in [6, 6.07) is 12.5. The van der Waals surface area contributed by atoms with Crippen LogP contribution in [0.15, 0.2) is 54.2 Å². The van der Waals surface area contributed by atoms with Gasteiger partial charge in [0.1, 0.15) is 0 Å². The van der Waals surface area contributed by atoms with Crippen molar-refractivity contribution < 1.29 is 4.79 Å². The van der Waals surface area contributed by atoms with Gasteiger partial charge >= 0.3 is 0 Å². The number of rotatable bonds is 4. The van der Waals surface area contributed by atoms with Gasteiger partial charge in [0, 0.05) is 17.6 Å². The third-order valence-electron chi connectivity index (χ3n) is 4.81. The smallest absolute Gasteiger partial charge is 0.257 e. The Bertz CT molecular complexity index is 868. The molecule has 4 rings (SSSR count). The summed E-state index contributed by atoms with van der Waals surface area (Å²) in [5, 5.41) is 6.52. The molecule has 1 unspecified atom stereocenters. The summed E-state index contributed by atoms with van der Waals surface area (Å²) < 4.78 is 1.84. The van der Waals surface area contributed by atoms with Gasteiger partial charge in [-0.1, -0.05) is 37.3 Å². The standard InChI is InChI=1S/C20H21N3OS/c1-2-18-17-9-11-25-19(17)8-10-23(18)20(24)16-12-21-22(14-16)13-15-6-4-3-5-7-15/h3-7,9,11-12,14,18H,2,8,10,13H2,1H3. The van der Waals surface area contributed by atoms with E-state index in [9.17, 15) is 4.79 Å². The average Bonchev–Trinajstić information content (AvgIpc) is 3.30. The molecule has 0 N–H and O–H groups in total. The molecular weight excluding hydrogens is 330 g/mol. The van der Waals surface area contributed by atoms with Crippen LogP contribution in [0.1, 0.15) is 45.7 Å². The van der Waals surface area contributed by atoms with E-state index in [1.54, 1.807) is 17.5 Å². The fraction of sp³-hybridized carbons (Fsp3) is 0.300. The van der Waals surface area contributed by atoms with Crippen molar-refractivity contribution in [3.63, 3.8) is 0 Å². The number of hydrogen-bond acceptors (Lipinski definition) is 3. The molecule has 1 aliphatic rings. The van der Waals surface area contributed by atoms with Gasteiger partial charge in [-0.2, -0.15) is 5.10 Å². The maximum atomic E-state index is 13.0. The van der Waals surface area contributed by atoms with E-state index < -0.39 is 0 Å². The highest BCUT2D eigenvalue weighted by molar-refractivity contribution is 7.10. The van der Waals surface area contributed by atoms with Gasteiger partial charge in [0.15, 0.2) is 0 Å². The van der Waals surface area contributed by atoms with Gasteiger partial charge in [-0.05, 0) is 35.4 Å². The fourth-order valence-corrected chi connectivity index (χ4v) is 4.50. The lowest BCUT2D eigenvalue weighted by molar-refractivity contribution is 0.0657. The van der Waals surface area contributed by atoms with Crippen molar-refractivity contribution in [2.45, 2.75) is 32.4 Å². The van der Waals surface area contributed by atoms with Gasteiger partial charge in [0.05, 0.1) is 24.3 Å². The summed E-state index contributed by atoms with van der Waals surface area (Å²) in [6.45, 7) is 3.62. The number of carbonyl (C=O) groups is 1. The summed E-state index contributed by atoms with van der Waals surface area (Å²) >= 11 is 1.80. The third kappa shape index (κ3) is 3.12. The van der Waals surface area contributed by atoms with E-state index in [0.717, 1.165) is 19.4 Å². The Hall–Kier alpha value is -2.40. The topological polar surface area (TPSA) is 38.1 Å². The Morgan fingerprint density at radius 1 is 1.28 bits per heavy atom. The van der Waals surface area contributed by atoms with E-state index in [1.165, 1.54) is 16.0 Å². The first-order valence-corrected chi connectivity index (χ1v) is 9.58. The molecule has 1 aliphatic heterocycles. The molecule has 1 amide bonds. The number of carbonyl (C=O) groups excluding carboxylic acids is 1. The van der Waals surface area contributed by atoms with Crippen molar-refractivity contribution in [1.29, 1.82) is 0 Å². The molecule has 3 heterocycles. The second-order valence-electron chi connectivity index (χ2n) is 6.38. The molecule has 5 heteroatoms. The zero-order chi connectivity index (χ0) is 17.2. The summed E-state index contributed by atoms with van der Waals surface area (Å²) in [5.41, 5.74) is 3.17. The molecule has 0 spiro atoms. The zero-order valence-corrected chi connectivity index (χ0v) is 15.1. The Kier molecular flexibility index (Phi) is 4.40. The van der Waals surface area contributed by atoms with Crippen LogP contribution in [-0.4, -0.2) is 27.1 Å². The molecule has 4 nitrogen and oxygen atoms in total. The van der Waals surface area contributed by atoms with Gasteiger partial charge in [0.2, 0.25) is 0 Å². The fourth-order valence-electron chi connectivity index (χ4n) is 3.58. The molecule has 0 fully saturated rings. The SMILES string of the molecule is CCC1c2ccsc2CCN1C(=O)c1cnn(Cc2ccccc2)c1. The van der Waals surface area contributed by atoms with E-state index in [0.29, 0.717) is 12.1 Å². The lowest BCUT2D eigenvalue weighted by atomic mass is 9.97. The first-order valence-electron chi connectivity index (χ1n) is 8.70. The predicted molar refractivity (Wildman–Crippen MR) is 99.9 cm³/mol. The summed E-state index contributed by atoms with van der Waals surface area (Å²) in [6.07, 6.45) is 5.45.